The van der Waals surface area contributed by atoms with Crippen LogP contribution in [0.1, 0.15) is 24.5 Å². The maximum absolute atomic E-state index is 12.9. The number of sulfonamides is 1. The first kappa shape index (κ1) is 24.4. The Morgan fingerprint density at radius 1 is 1.03 bits per heavy atom. The minimum absolute atomic E-state index is 0.0424. The smallest absolute Gasteiger partial charge is 0.416 e. The molecule has 1 N–H and O–H groups in total. The maximum atomic E-state index is 12.9. The largest absolute Gasteiger partial charge is 0.489 e. The molecular formula is C23H23F3N2O4S. The van der Waals surface area contributed by atoms with Gasteiger partial charge < -0.3 is 9.47 Å². The molecule has 0 aliphatic carbocycles. The summed E-state index contributed by atoms with van der Waals surface area (Å²) < 4.78 is 76.4. The summed E-state index contributed by atoms with van der Waals surface area (Å²) in [4.78, 5) is 4.18. The van der Waals surface area contributed by atoms with Gasteiger partial charge in [-0.1, -0.05) is 31.2 Å². The lowest BCUT2D eigenvalue weighted by Crippen LogP contribution is -2.17. The summed E-state index contributed by atoms with van der Waals surface area (Å²) in [5.74, 6) is 0.531. The van der Waals surface area contributed by atoms with Crippen molar-refractivity contribution in [3.8, 4) is 22.8 Å². The molecule has 1 heterocycles. The van der Waals surface area contributed by atoms with Crippen LogP contribution < -0.4 is 14.2 Å². The molecule has 33 heavy (non-hydrogen) atoms. The quantitative estimate of drug-likeness (QED) is 0.437. The highest BCUT2D eigenvalue weighted by atomic mass is 32.2. The van der Waals surface area contributed by atoms with E-state index < -0.39 is 21.8 Å². The topological polar surface area (TPSA) is 77.5 Å². The van der Waals surface area contributed by atoms with Crippen LogP contribution in [0, 0.1) is 0 Å². The second kappa shape index (κ2) is 10.1. The number of halogens is 3. The molecule has 1 aromatic heterocycles. The molecule has 2 aromatic carbocycles. The highest BCUT2D eigenvalue weighted by molar-refractivity contribution is 7.92. The van der Waals surface area contributed by atoms with Crippen molar-refractivity contribution >= 4 is 15.7 Å². The standard InChI is InChI=1S/C23H23F3N2O4S/c1-3-10-33(29,30)28-21-13-18(14-27-22(21)31-2)17-7-5-9-20(12-17)32-15-16-6-4-8-19(11-16)23(24,25)26/h4-9,11-14,28H,3,10,15H2,1-2H3. The second-order valence-electron chi connectivity index (χ2n) is 7.22. The minimum Gasteiger partial charge on any atom is -0.489 e. The Morgan fingerprint density at radius 3 is 2.48 bits per heavy atom. The van der Waals surface area contributed by atoms with E-state index >= 15 is 0 Å². The molecule has 3 rings (SSSR count). The number of pyridine rings is 1. The van der Waals surface area contributed by atoms with Crippen LogP contribution in [0.3, 0.4) is 0 Å². The van der Waals surface area contributed by atoms with E-state index in [0.29, 0.717) is 28.9 Å². The van der Waals surface area contributed by atoms with Crippen molar-refractivity contribution in [1.82, 2.24) is 4.98 Å². The Balaban J connectivity index is 1.81. The van der Waals surface area contributed by atoms with Gasteiger partial charge in [0.2, 0.25) is 15.9 Å². The molecule has 0 saturated carbocycles. The third-order valence-corrected chi connectivity index (χ3v) is 6.09. The number of alkyl halides is 3. The number of benzene rings is 2. The third kappa shape index (κ3) is 6.61. The van der Waals surface area contributed by atoms with Gasteiger partial charge in [-0.2, -0.15) is 13.2 Å². The predicted octanol–water partition coefficient (Wildman–Crippen LogP) is 5.51. The van der Waals surface area contributed by atoms with Crippen molar-refractivity contribution in [3.63, 3.8) is 0 Å². The number of methoxy groups -OCH3 is 1. The Hall–Kier alpha value is -3.27. The highest BCUT2D eigenvalue weighted by Gasteiger charge is 2.30. The Kier molecular flexibility index (Phi) is 7.47. The summed E-state index contributed by atoms with van der Waals surface area (Å²) in [5.41, 5.74) is 1.14. The molecule has 6 nitrogen and oxygen atoms in total. The minimum atomic E-state index is -4.42. The van der Waals surface area contributed by atoms with Gasteiger partial charge in [0.1, 0.15) is 18.0 Å². The average molecular weight is 481 g/mol. The second-order valence-corrected chi connectivity index (χ2v) is 9.06. The first-order valence-corrected chi connectivity index (χ1v) is 11.7. The molecular weight excluding hydrogens is 457 g/mol. The lowest BCUT2D eigenvalue weighted by molar-refractivity contribution is -0.137. The average Bonchev–Trinajstić information content (AvgIpc) is 2.77. The fourth-order valence-corrected chi connectivity index (χ4v) is 4.22. The molecule has 0 fully saturated rings. The predicted molar refractivity (Wildman–Crippen MR) is 120 cm³/mol. The number of hydrogen-bond donors (Lipinski definition) is 1. The molecule has 0 aliphatic rings. The molecule has 0 saturated heterocycles. The van der Waals surface area contributed by atoms with Crippen LogP contribution in [0.2, 0.25) is 0 Å². The van der Waals surface area contributed by atoms with E-state index in [-0.39, 0.29) is 23.9 Å². The van der Waals surface area contributed by atoms with Crippen LogP contribution in [-0.2, 0) is 22.8 Å². The van der Waals surface area contributed by atoms with Gasteiger partial charge in [-0.15, -0.1) is 0 Å². The molecule has 176 valence electrons. The van der Waals surface area contributed by atoms with Crippen molar-refractivity contribution in [3.05, 3.63) is 71.9 Å². The summed E-state index contributed by atoms with van der Waals surface area (Å²) in [6.07, 6.45) is -2.44. The lowest BCUT2D eigenvalue weighted by Gasteiger charge is -2.13. The summed E-state index contributed by atoms with van der Waals surface area (Å²) in [5, 5.41) is 0. The van der Waals surface area contributed by atoms with Crippen LogP contribution in [0.4, 0.5) is 18.9 Å². The third-order valence-electron chi connectivity index (χ3n) is 4.61. The number of nitrogens with one attached hydrogen (secondary N) is 1. The fraction of sp³-hybridized carbons (Fsp3) is 0.261. The van der Waals surface area contributed by atoms with E-state index in [1.165, 1.54) is 19.4 Å². The summed E-state index contributed by atoms with van der Waals surface area (Å²) in [6, 6.07) is 13.4. The number of rotatable bonds is 9. The van der Waals surface area contributed by atoms with Gasteiger partial charge in [0.05, 0.1) is 18.4 Å². The van der Waals surface area contributed by atoms with Crippen LogP contribution >= 0.6 is 0 Å². The molecule has 0 amide bonds. The molecule has 0 bridgehead atoms. The molecule has 0 unspecified atom stereocenters. The summed E-state index contributed by atoms with van der Waals surface area (Å²) in [7, 11) is -2.16. The van der Waals surface area contributed by atoms with Gasteiger partial charge in [-0.05, 0) is 47.9 Å². The zero-order chi connectivity index (χ0) is 24.1. The fourth-order valence-electron chi connectivity index (χ4n) is 3.10. The van der Waals surface area contributed by atoms with E-state index in [4.69, 9.17) is 9.47 Å². The monoisotopic (exact) mass is 480 g/mol. The van der Waals surface area contributed by atoms with Crippen LogP contribution in [0.5, 0.6) is 11.6 Å². The van der Waals surface area contributed by atoms with E-state index in [1.54, 1.807) is 43.3 Å². The molecule has 0 spiro atoms. The molecule has 0 radical (unpaired) electrons. The van der Waals surface area contributed by atoms with Crippen molar-refractivity contribution in [2.24, 2.45) is 0 Å². The SMILES string of the molecule is CCCS(=O)(=O)Nc1cc(-c2cccc(OCc3cccc(C(F)(F)F)c3)c2)cnc1OC. The van der Waals surface area contributed by atoms with Crippen molar-refractivity contribution < 1.29 is 31.1 Å². The molecule has 10 heteroatoms. The van der Waals surface area contributed by atoms with Gasteiger partial charge >= 0.3 is 6.18 Å². The summed E-state index contributed by atoms with van der Waals surface area (Å²) in [6.45, 7) is 1.71. The van der Waals surface area contributed by atoms with Gasteiger partial charge in [0.15, 0.2) is 0 Å². The van der Waals surface area contributed by atoms with E-state index in [9.17, 15) is 21.6 Å². The van der Waals surface area contributed by atoms with Gasteiger partial charge in [0.25, 0.3) is 0 Å². The van der Waals surface area contributed by atoms with Crippen LogP contribution in [-0.4, -0.2) is 26.3 Å². The first-order chi connectivity index (χ1) is 15.6. The van der Waals surface area contributed by atoms with E-state index in [2.05, 4.69) is 9.71 Å². The Labute approximate surface area is 190 Å². The maximum Gasteiger partial charge on any atom is 0.416 e. The van der Waals surface area contributed by atoms with Gasteiger partial charge in [-0.25, -0.2) is 13.4 Å². The molecule has 0 atom stereocenters. The van der Waals surface area contributed by atoms with E-state index in [1.807, 2.05) is 0 Å². The van der Waals surface area contributed by atoms with Crippen molar-refractivity contribution in [1.29, 1.82) is 0 Å². The van der Waals surface area contributed by atoms with Crippen LogP contribution in [0.15, 0.2) is 60.8 Å². The molecule has 0 aliphatic heterocycles. The lowest BCUT2D eigenvalue weighted by atomic mass is 10.1. The normalized spacial score (nSPS) is 11.8. The number of hydrogen-bond acceptors (Lipinski definition) is 5. The molecule has 3 aromatic rings. The number of nitrogens with zero attached hydrogens (tertiary/aromatic N) is 1. The van der Waals surface area contributed by atoms with Crippen LogP contribution in [0.25, 0.3) is 11.1 Å². The van der Waals surface area contributed by atoms with Crippen molar-refractivity contribution in [2.45, 2.75) is 26.1 Å². The van der Waals surface area contributed by atoms with Crippen molar-refractivity contribution in [2.75, 3.05) is 17.6 Å². The zero-order valence-electron chi connectivity index (χ0n) is 18.0. The van der Waals surface area contributed by atoms with Gasteiger partial charge in [0, 0.05) is 11.8 Å². The Morgan fingerprint density at radius 2 is 1.79 bits per heavy atom. The Bertz CT molecular complexity index is 1210. The summed E-state index contributed by atoms with van der Waals surface area (Å²) >= 11 is 0. The number of aromatic nitrogens is 1. The first-order valence-electron chi connectivity index (χ1n) is 10.0. The van der Waals surface area contributed by atoms with Gasteiger partial charge in [-0.3, -0.25) is 4.72 Å². The van der Waals surface area contributed by atoms with E-state index in [0.717, 1.165) is 12.1 Å². The number of anilines is 1. The zero-order valence-corrected chi connectivity index (χ0v) is 18.8. The highest BCUT2D eigenvalue weighted by Crippen LogP contribution is 2.32. The number of ether oxygens (including phenoxy) is 2.